The van der Waals surface area contributed by atoms with Gasteiger partial charge in [-0.05, 0) is 81.6 Å². The van der Waals surface area contributed by atoms with Crippen molar-refractivity contribution in [2.45, 2.75) is 52.4 Å². The Labute approximate surface area is 246 Å². The van der Waals surface area contributed by atoms with E-state index in [1.807, 2.05) is 49.1 Å². The molecule has 0 bridgehead atoms. The summed E-state index contributed by atoms with van der Waals surface area (Å²) in [4.78, 5) is 13.2. The largest absolute Gasteiger partial charge is 0.364 e. The van der Waals surface area contributed by atoms with Crippen LogP contribution in [0.1, 0.15) is 45.0 Å². The molecule has 0 atom stereocenters. The average Bonchev–Trinajstić information content (AvgIpc) is 3.84. The molecular weight excluding hydrogens is 520 g/mol. The Balaban J connectivity index is 1.31. The third-order valence-corrected chi connectivity index (χ3v) is 7.68. The van der Waals surface area contributed by atoms with Gasteiger partial charge in [-0.25, -0.2) is 0 Å². The molecule has 0 aliphatic rings. The first-order chi connectivity index (χ1) is 20.8. The topological polar surface area (TPSA) is 111 Å². The van der Waals surface area contributed by atoms with Crippen LogP contribution in [0, 0.1) is 0 Å². The maximum absolute atomic E-state index is 3.67. The summed E-state index contributed by atoms with van der Waals surface area (Å²) in [6.07, 6.45) is 7.90. The van der Waals surface area contributed by atoms with E-state index in [1.54, 1.807) is 0 Å². The summed E-state index contributed by atoms with van der Waals surface area (Å²) in [5.41, 5.74) is 10.00. The Bertz CT molecular complexity index is 1370. The van der Waals surface area contributed by atoms with Crippen molar-refractivity contribution in [3.63, 3.8) is 0 Å². The van der Waals surface area contributed by atoms with Crippen molar-refractivity contribution < 1.29 is 0 Å². The van der Waals surface area contributed by atoms with Gasteiger partial charge in [0, 0.05) is 99.9 Å². The van der Waals surface area contributed by atoms with Gasteiger partial charge in [-0.1, -0.05) is 24.3 Å². The van der Waals surface area contributed by atoms with E-state index < -0.39 is 0 Å². The summed E-state index contributed by atoms with van der Waals surface area (Å²) in [7, 11) is 0. The first-order valence-electron chi connectivity index (χ1n) is 14.7. The molecule has 42 heavy (non-hydrogen) atoms. The average molecular weight is 561 g/mol. The molecule has 0 saturated carbocycles. The van der Waals surface area contributed by atoms with Gasteiger partial charge in [0.15, 0.2) is 0 Å². The molecule has 216 valence electrons. The third kappa shape index (κ3) is 7.10. The number of nitrogens with one attached hydrogen (secondary N) is 8. The molecule has 0 saturated heterocycles. The van der Waals surface area contributed by atoms with Crippen LogP contribution < -0.4 is 21.3 Å². The highest BCUT2D eigenvalue weighted by atomic mass is 14.9. The van der Waals surface area contributed by atoms with Crippen LogP contribution in [-0.2, 0) is 52.4 Å². The van der Waals surface area contributed by atoms with E-state index in [-0.39, 0.29) is 0 Å². The molecule has 6 aromatic rings. The van der Waals surface area contributed by atoms with Crippen molar-refractivity contribution in [1.29, 1.82) is 0 Å². The van der Waals surface area contributed by atoms with Gasteiger partial charge in [0.1, 0.15) is 0 Å². The van der Waals surface area contributed by atoms with Gasteiger partial charge in [0.2, 0.25) is 0 Å². The second-order valence-electron chi connectivity index (χ2n) is 10.7. The smallest absolute Gasteiger partial charge is 0.0360 e. The minimum absolute atomic E-state index is 0.786. The lowest BCUT2D eigenvalue weighted by molar-refractivity contribution is 0.670. The van der Waals surface area contributed by atoms with E-state index in [4.69, 9.17) is 0 Å². The quantitative estimate of drug-likeness (QED) is 0.0820. The zero-order chi connectivity index (χ0) is 28.4. The minimum Gasteiger partial charge on any atom is -0.364 e. The SMILES string of the molecule is c1c[nH]c(CNCc2ccc(CNCc3ccc[nH]3)c3c(CNCc4ccc[nH]4)ccc(CNCc4ccc[nH]4)c23)c1. The lowest BCUT2D eigenvalue weighted by Crippen LogP contribution is -2.19. The summed E-state index contributed by atoms with van der Waals surface area (Å²) in [6.45, 7) is 6.34. The third-order valence-electron chi connectivity index (χ3n) is 7.68. The minimum atomic E-state index is 0.786. The van der Waals surface area contributed by atoms with Crippen molar-refractivity contribution in [1.82, 2.24) is 41.2 Å². The number of H-pyrrole nitrogens is 4. The maximum Gasteiger partial charge on any atom is 0.0360 e. The van der Waals surface area contributed by atoms with Crippen molar-refractivity contribution >= 4 is 10.8 Å². The predicted octanol–water partition coefficient (Wildman–Crippen LogP) is 5.31. The standard InChI is InChI=1S/C34H40N8/c1-5-29(39-13-1)21-35-17-25-9-10-27(19-37-23-31-7-3-15-41-31)34-28(20-38-24-32-8-4-16-42-32)12-11-26(33(25)34)18-36-22-30-6-2-14-40-30/h1-16,35-42H,17-24H2. The highest BCUT2D eigenvalue weighted by Gasteiger charge is 2.15. The Morgan fingerprint density at radius 2 is 0.595 bits per heavy atom. The summed E-state index contributed by atoms with van der Waals surface area (Å²) < 4.78 is 0. The molecule has 0 fully saturated rings. The Morgan fingerprint density at radius 3 is 0.810 bits per heavy atom. The van der Waals surface area contributed by atoms with Gasteiger partial charge in [-0.3, -0.25) is 0 Å². The van der Waals surface area contributed by atoms with Crippen LogP contribution in [-0.4, -0.2) is 19.9 Å². The molecule has 0 aliphatic heterocycles. The molecular formula is C34H40N8. The van der Waals surface area contributed by atoms with Crippen LogP contribution in [0.3, 0.4) is 0 Å². The number of fused-ring (bicyclic) bond motifs is 1. The van der Waals surface area contributed by atoms with Crippen LogP contribution >= 0.6 is 0 Å². The molecule has 4 aromatic heterocycles. The molecule has 0 radical (unpaired) electrons. The first-order valence-corrected chi connectivity index (χ1v) is 14.7. The Morgan fingerprint density at radius 1 is 0.333 bits per heavy atom. The zero-order valence-electron chi connectivity index (χ0n) is 23.9. The number of rotatable bonds is 16. The molecule has 8 N–H and O–H groups in total. The molecule has 0 amide bonds. The van der Waals surface area contributed by atoms with E-state index in [1.165, 1.54) is 55.8 Å². The summed E-state index contributed by atoms with van der Waals surface area (Å²) in [5, 5.41) is 17.4. The number of aromatic nitrogens is 4. The summed E-state index contributed by atoms with van der Waals surface area (Å²) in [5.74, 6) is 0. The van der Waals surface area contributed by atoms with E-state index in [0.717, 1.165) is 52.4 Å². The van der Waals surface area contributed by atoms with E-state index in [2.05, 4.69) is 89.7 Å². The first kappa shape index (κ1) is 27.8. The molecule has 4 heterocycles. The lowest BCUT2D eigenvalue weighted by atomic mass is 9.91. The summed E-state index contributed by atoms with van der Waals surface area (Å²) in [6, 6.07) is 25.9. The van der Waals surface area contributed by atoms with Gasteiger partial charge in [0.05, 0.1) is 0 Å². The molecule has 6 rings (SSSR count). The molecule has 0 spiro atoms. The maximum atomic E-state index is 3.67. The second kappa shape index (κ2) is 14.0. The fraction of sp³-hybridized carbons (Fsp3) is 0.235. The Hall–Kier alpha value is -4.34. The van der Waals surface area contributed by atoms with E-state index in [9.17, 15) is 0 Å². The van der Waals surface area contributed by atoms with Crippen molar-refractivity contribution in [3.8, 4) is 0 Å². The number of benzene rings is 2. The van der Waals surface area contributed by atoms with Crippen molar-refractivity contribution in [2.75, 3.05) is 0 Å². The highest BCUT2D eigenvalue weighted by molar-refractivity contribution is 5.94. The molecule has 0 unspecified atom stereocenters. The number of hydrogen-bond acceptors (Lipinski definition) is 4. The monoisotopic (exact) mass is 560 g/mol. The number of aromatic amines is 4. The molecule has 0 aliphatic carbocycles. The van der Waals surface area contributed by atoms with Gasteiger partial charge in [0.25, 0.3) is 0 Å². The predicted molar refractivity (Wildman–Crippen MR) is 169 cm³/mol. The van der Waals surface area contributed by atoms with Crippen molar-refractivity contribution in [3.05, 3.63) is 143 Å². The normalized spacial score (nSPS) is 11.5. The number of hydrogen-bond donors (Lipinski definition) is 8. The second-order valence-corrected chi connectivity index (χ2v) is 10.7. The fourth-order valence-electron chi connectivity index (χ4n) is 5.62. The van der Waals surface area contributed by atoms with Crippen LogP contribution in [0.2, 0.25) is 0 Å². The highest BCUT2D eigenvalue weighted by Crippen LogP contribution is 2.31. The van der Waals surface area contributed by atoms with Crippen LogP contribution in [0.15, 0.2) is 97.6 Å². The molecule has 8 heteroatoms. The summed E-state index contributed by atoms with van der Waals surface area (Å²) >= 11 is 0. The van der Waals surface area contributed by atoms with Gasteiger partial charge in [-0.2, -0.15) is 0 Å². The van der Waals surface area contributed by atoms with Crippen molar-refractivity contribution in [2.24, 2.45) is 0 Å². The van der Waals surface area contributed by atoms with Crippen LogP contribution in [0.5, 0.6) is 0 Å². The lowest BCUT2D eigenvalue weighted by Gasteiger charge is -2.20. The van der Waals surface area contributed by atoms with Crippen LogP contribution in [0.4, 0.5) is 0 Å². The molecule has 8 nitrogen and oxygen atoms in total. The van der Waals surface area contributed by atoms with Gasteiger partial charge >= 0.3 is 0 Å². The fourth-order valence-corrected chi connectivity index (χ4v) is 5.62. The van der Waals surface area contributed by atoms with Crippen LogP contribution in [0.25, 0.3) is 10.8 Å². The van der Waals surface area contributed by atoms with Gasteiger partial charge < -0.3 is 41.2 Å². The zero-order valence-corrected chi connectivity index (χ0v) is 23.9. The van der Waals surface area contributed by atoms with E-state index >= 15 is 0 Å². The molecule has 2 aromatic carbocycles. The Kier molecular flexibility index (Phi) is 9.28. The van der Waals surface area contributed by atoms with Gasteiger partial charge in [-0.15, -0.1) is 0 Å². The van der Waals surface area contributed by atoms with E-state index in [0.29, 0.717) is 0 Å².